The van der Waals surface area contributed by atoms with Crippen molar-refractivity contribution in [3.05, 3.63) is 41.9 Å². The maximum absolute atomic E-state index is 13.1. The Bertz CT molecular complexity index is 948. The highest BCUT2D eigenvalue weighted by Crippen LogP contribution is 2.38. The topological polar surface area (TPSA) is 82.1 Å². The highest BCUT2D eigenvalue weighted by Gasteiger charge is 2.43. The van der Waals surface area contributed by atoms with Crippen LogP contribution in [0.15, 0.2) is 30.6 Å². The van der Waals surface area contributed by atoms with Crippen molar-refractivity contribution in [2.45, 2.75) is 56.7 Å². The first kappa shape index (κ1) is 22.6. The summed E-state index contributed by atoms with van der Waals surface area (Å²) >= 11 is 0. The number of piperidine rings is 1. The van der Waals surface area contributed by atoms with Crippen molar-refractivity contribution in [2.75, 3.05) is 31.1 Å². The van der Waals surface area contributed by atoms with Gasteiger partial charge >= 0.3 is 6.18 Å². The van der Waals surface area contributed by atoms with Gasteiger partial charge in [0.15, 0.2) is 0 Å². The van der Waals surface area contributed by atoms with E-state index in [-0.39, 0.29) is 31.1 Å². The summed E-state index contributed by atoms with van der Waals surface area (Å²) in [4.78, 5) is 6.84. The molecule has 0 radical (unpaired) electrons. The number of nitrogens with zero attached hydrogens (tertiary/aromatic N) is 4. The molecular formula is C22H31F3N8. The lowest BCUT2D eigenvalue weighted by atomic mass is 9.82. The van der Waals surface area contributed by atoms with Crippen molar-refractivity contribution < 1.29 is 13.2 Å². The molecule has 0 saturated carbocycles. The zero-order valence-electron chi connectivity index (χ0n) is 18.6. The van der Waals surface area contributed by atoms with Crippen LogP contribution in [-0.4, -0.2) is 59.2 Å². The Balaban J connectivity index is 1.30. The monoisotopic (exact) mass is 464 g/mol. The van der Waals surface area contributed by atoms with Crippen LogP contribution in [-0.2, 0) is 6.54 Å². The van der Waals surface area contributed by atoms with E-state index in [9.17, 15) is 13.2 Å². The lowest BCUT2D eigenvalue weighted by molar-refractivity contribution is -0.155. The molecule has 2 aromatic heterocycles. The standard InChI is InChI=1S/C22H31F3N8/c1-2-33-13-14(11-28-33)17-10-15-18(12-27-17)30-31-21(15)16-4-3-5-20(29-16)32-8-6-19(22(23,24)25)26-7-9-32/h3-5,11,13,15,17-19,21,26-27,30-31H,2,6-10,12H2,1H3. The minimum Gasteiger partial charge on any atom is -0.355 e. The molecule has 0 aromatic carbocycles. The van der Waals surface area contributed by atoms with E-state index in [4.69, 9.17) is 4.98 Å². The molecule has 5 unspecified atom stereocenters. The molecule has 3 fully saturated rings. The van der Waals surface area contributed by atoms with E-state index in [1.807, 2.05) is 34.0 Å². The Morgan fingerprint density at radius 1 is 1.15 bits per heavy atom. The van der Waals surface area contributed by atoms with Crippen LogP contribution < -0.4 is 26.4 Å². The number of hydrogen-bond acceptors (Lipinski definition) is 7. The summed E-state index contributed by atoms with van der Waals surface area (Å²) in [5.74, 6) is 1.07. The quantitative estimate of drug-likeness (QED) is 0.550. The molecule has 0 spiro atoms. The number of hydrazine groups is 1. The number of hydrogen-bond donors (Lipinski definition) is 4. The summed E-state index contributed by atoms with van der Waals surface area (Å²) in [6.07, 6.45) is 0.772. The Morgan fingerprint density at radius 3 is 2.82 bits per heavy atom. The number of alkyl halides is 3. The number of anilines is 1. The maximum Gasteiger partial charge on any atom is 0.403 e. The second-order valence-corrected chi connectivity index (χ2v) is 9.11. The molecule has 33 heavy (non-hydrogen) atoms. The molecular weight excluding hydrogens is 433 g/mol. The molecule has 0 bridgehead atoms. The molecule has 0 amide bonds. The smallest absolute Gasteiger partial charge is 0.355 e. The molecule has 0 aliphatic carbocycles. The van der Waals surface area contributed by atoms with Gasteiger partial charge in [-0.05, 0) is 31.9 Å². The molecule has 8 nitrogen and oxygen atoms in total. The van der Waals surface area contributed by atoms with E-state index < -0.39 is 12.2 Å². The average Bonchev–Trinajstić information content (AvgIpc) is 3.38. The van der Waals surface area contributed by atoms with Gasteiger partial charge in [0.05, 0.1) is 17.9 Å². The molecule has 11 heteroatoms. The van der Waals surface area contributed by atoms with Crippen LogP contribution in [0.2, 0.25) is 0 Å². The Morgan fingerprint density at radius 2 is 2.03 bits per heavy atom. The van der Waals surface area contributed by atoms with Crippen LogP contribution >= 0.6 is 0 Å². The van der Waals surface area contributed by atoms with E-state index in [2.05, 4.69) is 39.7 Å². The van der Waals surface area contributed by atoms with Crippen LogP contribution in [0.1, 0.15) is 43.1 Å². The number of aryl methyl sites for hydroxylation is 1. The summed E-state index contributed by atoms with van der Waals surface area (Å²) in [5, 5.41) is 10.7. The third-order valence-electron chi connectivity index (χ3n) is 7.09. The summed E-state index contributed by atoms with van der Waals surface area (Å²) in [5.41, 5.74) is 8.94. The third-order valence-corrected chi connectivity index (χ3v) is 7.09. The van der Waals surface area contributed by atoms with Gasteiger partial charge in [-0.3, -0.25) is 10.1 Å². The molecule has 3 aliphatic rings. The van der Waals surface area contributed by atoms with Gasteiger partial charge in [0.1, 0.15) is 11.9 Å². The first-order valence-corrected chi connectivity index (χ1v) is 11.7. The van der Waals surface area contributed by atoms with Crippen LogP contribution in [0, 0.1) is 5.92 Å². The van der Waals surface area contributed by atoms with Crippen molar-refractivity contribution in [1.29, 1.82) is 0 Å². The Labute approximate surface area is 191 Å². The van der Waals surface area contributed by atoms with Crippen LogP contribution in [0.5, 0.6) is 0 Å². The average molecular weight is 465 g/mol. The number of halogens is 3. The summed E-state index contributed by atoms with van der Waals surface area (Å²) in [7, 11) is 0. The molecule has 4 N–H and O–H groups in total. The predicted molar refractivity (Wildman–Crippen MR) is 118 cm³/mol. The number of pyridine rings is 1. The van der Waals surface area contributed by atoms with E-state index in [0.717, 1.165) is 31.0 Å². The molecule has 180 valence electrons. The molecule has 5 heterocycles. The van der Waals surface area contributed by atoms with Gasteiger partial charge in [-0.25, -0.2) is 10.4 Å². The highest BCUT2D eigenvalue weighted by molar-refractivity contribution is 5.40. The van der Waals surface area contributed by atoms with Gasteiger partial charge < -0.3 is 15.5 Å². The van der Waals surface area contributed by atoms with Gasteiger partial charge in [0.25, 0.3) is 0 Å². The van der Waals surface area contributed by atoms with Crippen molar-refractivity contribution in [3.8, 4) is 0 Å². The van der Waals surface area contributed by atoms with Crippen molar-refractivity contribution in [2.24, 2.45) is 5.92 Å². The van der Waals surface area contributed by atoms with Crippen LogP contribution in [0.25, 0.3) is 0 Å². The highest BCUT2D eigenvalue weighted by atomic mass is 19.4. The zero-order chi connectivity index (χ0) is 23.0. The molecule has 5 atom stereocenters. The normalized spacial score (nSPS) is 30.8. The molecule has 5 rings (SSSR count). The minimum absolute atomic E-state index is 0.0160. The minimum atomic E-state index is -4.22. The first-order valence-electron chi connectivity index (χ1n) is 11.7. The van der Waals surface area contributed by atoms with Crippen LogP contribution in [0.3, 0.4) is 0 Å². The van der Waals surface area contributed by atoms with Gasteiger partial charge in [-0.15, -0.1) is 0 Å². The van der Waals surface area contributed by atoms with Gasteiger partial charge in [0.2, 0.25) is 0 Å². The number of rotatable bonds is 4. The maximum atomic E-state index is 13.1. The van der Waals surface area contributed by atoms with Crippen molar-refractivity contribution in [1.82, 2.24) is 36.2 Å². The van der Waals surface area contributed by atoms with E-state index in [1.54, 1.807) is 0 Å². The Kier molecular flexibility index (Phi) is 6.30. The van der Waals surface area contributed by atoms with Gasteiger partial charge in [-0.1, -0.05) is 6.07 Å². The fraction of sp³-hybridized carbons (Fsp3) is 0.636. The van der Waals surface area contributed by atoms with Crippen molar-refractivity contribution in [3.63, 3.8) is 0 Å². The van der Waals surface area contributed by atoms with E-state index >= 15 is 0 Å². The fourth-order valence-electron chi connectivity index (χ4n) is 5.22. The number of nitrogens with one attached hydrogen (secondary N) is 4. The Hall–Kier alpha value is -2.21. The number of fused-ring (bicyclic) bond motifs is 1. The van der Waals surface area contributed by atoms with E-state index in [0.29, 0.717) is 19.0 Å². The second-order valence-electron chi connectivity index (χ2n) is 9.11. The number of aromatic nitrogens is 3. The lowest BCUT2D eigenvalue weighted by Gasteiger charge is -2.34. The predicted octanol–water partition coefficient (Wildman–Crippen LogP) is 1.90. The molecule has 3 aliphatic heterocycles. The first-order chi connectivity index (χ1) is 15.9. The van der Waals surface area contributed by atoms with Gasteiger partial charge in [0, 0.05) is 62.5 Å². The van der Waals surface area contributed by atoms with Crippen molar-refractivity contribution >= 4 is 5.82 Å². The van der Waals surface area contributed by atoms with E-state index in [1.165, 1.54) is 5.56 Å². The largest absolute Gasteiger partial charge is 0.403 e. The molecule has 3 saturated heterocycles. The SMILES string of the molecule is CCn1cc(C2CC3C(CN2)NNC3c2cccc(N3CCNC(C(F)(F)F)CC3)n2)cn1. The zero-order valence-corrected chi connectivity index (χ0v) is 18.6. The fourth-order valence-corrected chi connectivity index (χ4v) is 5.22. The summed E-state index contributed by atoms with van der Waals surface area (Å²) < 4.78 is 41.3. The second kappa shape index (κ2) is 9.21. The lowest BCUT2D eigenvalue weighted by Crippen LogP contribution is -2.46. The summed E-state index contributed by atoms with van der Waals surface area (Å²) in [6, 6.07) is 4.94. The molecule has 2 aromatic rings. The van der Waals surface area contributed by atoms with Gasteiger partial charge in [-0.2, -0.15) is 18.3 Å². The van der Waals surface area contributed by atoms with Crippen LogP contribution in [0.4, 0.5) is 19.0 Å². The summed E-state index contributed by atoms with van der Waals surface area (Å²) in [6.45, 7) is 4.86. The third kappa shape index (κ3) is 4.72.